The van der Waals surface area contributed by atoms with Gasteiger partial charge in [0.05, 0.1) is 6.61 Å². The van der Waals surface area contributed by atoms with E-state index < -0.39 is 0 Å². The molecule has 0 heterocycles. The van der Waals surface area contributed by atoms with Gasteiger partial charge in [0.25, 0.3) is 0 Å². The highest BCUT2D eigenvalue weighted by Crippen LogP contribution is 2.23. The quantitative estimate of drug-likeness (QED) is 0.566. The van der Waals surface area contributed by atoms with E-state index in [0.717, 1.165) is 12.8 Å². The highest BCUT2D eigenvalue weighted by atomic mass is 16.3. The van der Waals surface area contributed by atoms with Gasteiger partial charge in [-0.15, -0.1) is 0 Å². The first kappa shape index (κ1) is 9.96. The van der Waals surface area contributed by atoms with Crippen molar-refractivity contribution in [3.05, 3.63) is 0 Å². The molecule has 0 bridgehead atoms. The molecular weight excluding hydrogens is 154 g/mol. The lowest BCUT2D eigenvalue weighted by Gasteiger charge is -2.30. The van der Waals surface area contributed by atoms with Gasteiger partial charge in [-0.1, -0.05) is 12.8 Å². The smallest absolute Gasteiger partial charge is 0.0556 e. The Balaban J connectivity index is 2.26. The lowest BCUT2D eigenvalue weighted by atomic mass is 9.85. The first-order chi connectivity index (χ1) is 5.88. The first-order valence-corrected chi connectivity index (χ1v) is 4.83. The van der Waals surface area contributed by atoms with Crippen LogP contribution in [0.3, 0.4) is 0 Å². The summed E-state index contributed by atoms with van der Waals surface area (Å²) in [5.41, 5.74) is 0. The third kappa shape index (κ3) is 2.73. The molecule has 0 amide bonds. The van der Waals surface area contributed by atoms with E-state index in [1.165, 1.54) is 12.8 Å². The summed E-state index contributed by atoms with van der Waals surface area (Å²) in [6.45, 7) is 1.12. The number of nitrogens with one attached hydrogen (secondary N) is 1. The highest BCUT2D eigenvalue weighted by molar-refractivity contribution is 4.80. The van der Waals surface area contributed by atoms with Gasteiger partial charge < -0.3 is 15.5 Å². The Morgan fingerprint density at radius 1 is 1.17 bits per heavy atom. The third-order valence-corrected chi connectivity index (χ3v) is 2.66. The van der Waals surface area contributed by atoms with Crippen LogP contribution in [0.2, 0.25) is 0 Å². The fourth-order valence-electron chi connectivity index (χ4n) is 1.94. The zero-order valence-corrected chi connectivity index (χ0v) is 7.50. The van der Waals surface area contributed by atoms with Crippen LogP contribution in [0.1, 0.15) is 25.7 Å². The number of rotatable bonds is 4. The third-order valence-electron chi connectivity index (χ3n) is 2.66. The molecule has 2 atom stereocenters. The molecule has 0 aromatic heterocycles. The van der Waals surface area contributed by atoms with Crippen molar-refractivity contribution in [2.45, 2.75) is 31.7 Å². The van der Waals surface area contributed by atoms with Crippen molar-refractivity contribution >= 4 is 0 Å². The molecule has 1 saturated carbocycles. The van der Waals surface area contributed by atoms with Crippen LogP contribution in [0.25, 0.3) is 0 Å². The van der Waals surface area contributed by atoms with Crippen LogP contribution < -0.4 is 5.32 Å². The highest BCUT2D eigenvalue weighted by Gasteiger charge is 2.23. The van der Waals surface area contributed by atoms with E-state index in [9.17, 15) is 0 Å². The van der Waals surface area contributed by atoms with Crippen molar-refractivity contribution in [1.82, 2.24) is 5.32 Å². The summed E-state index contributed by atoms with van der Waals surface area (Å²) in [5.74, 6) is 0.408. The van der Waals surface area contributed by atoms with Crippen LogP contribution in [0.15, 0.2) is 0 Å². The van der Waals surface area contributed by atoms with Gasteiger partial charge in [-0.05, 0) is 18.8 Å². The summed E-state index contributed by atoms with van der Waals surface area (Å²) in [5, 5.41) is 21.0. The van der Waals surface area contributed by atoms with E-state index in [2.05, 4.69) is 5.32 Å². The van der Waals surface area contributed by atoms with E-state index in [1.807, 2.05) is 0 Å². The van der Waals surface area contributed by atoms with E-state index >= 15 is 0 Å². The maximum atomic E-state index is 9.06. The Morgan fingerprint density at radius 3 is 2.58 bits per heavy atom. The van der Waals surface area contributed by atoms with Gasteiger partial charge in [-0.2, -0.15) is 0 Å². The van der Waals surface area contributed by atoms with Crippen LogP contribution in [0, 0.1) is 5.92 Å². The summed E-state index contributed by atoms with van der Waals surface area (Å²) >= 11 is 0. The standard InChI is InChI=1S/C9H19NO2/c11-6-5-10-9-4-2-1-3-8(9)7-12/h8-12H,1-7H2. The molecule has 1 fully saturated rings. The van der Waals surface area contributed by atoms with Crippen LogP contribution in [-0.4, -0.2) is 36.0 Å². The number of hydrogen-bond donors (Lipinski definition) is 3. The van der Waals surface area contributed by atoms with Crippen LogP contribution in [0.4, 0.5) is 0 Å². The molecule has 3 heteroatoms. The van der Waals surface area contributed by atoms with Gasteiger partial charge in [-0.3, -0.25) is 0 Å². The second-order valence-electron chi connectivity index (χ2n) is 3.51. The summed E-state index contributed by atoms with van der Waals surface area (Å²) in [6.07, 6.45) is 4.76. The van der Waals surface area contributed by atoms with Crippen LogP contribution >= 0.6 is 0 Å². The molecular formula is C9H19NO2. The van der Waals surface area contributed by atoms with Crippen molar-refractivity contribution < 1.29 is 10.2 Å². The van der Waals surface area contributed by atoms with E-state index in [0.29, 0.717) is 18.5 Å². The van der Waals surface area contributed by atoms with Crippen LogP contribution in [0.5, 0.6) is 0 Å². The van der Waals surface area contributed by atoms with Crippen molar-refractivity contribution in [3.8, 4) is 0 Å². The normalized spacial score (nSPS) is 30.5. The maximum Gasteiger partial charge on any atom is 0.0556 e. The molecule has 12 heavy (non-hydrogen) atoms. The molecule has 3 nitrogen and oxygen atoms in total. The molecule has 0 aliphatic heterocycles. The number of hydrogen-bond acceptors (Lipinski definition) is 3. The Hall–Kier alpha value is -0.120. The minimum atomic E-state index is 0.189. The minimum Gasteiger partial charge on any atom is -0.396 e. The van der Waals surface area contributed by atoms with Crippen molar-refractivity contribution in [1.29, 1.82) is 0 Å². The van der Waals surface area contributed by atoms with E-state index in [1.54, 1.807) is 0 Å². The van der Waals surface area contributed by atoms with E-state index in [-0.39, 0.29) is 13.2 Å². The van der Waals surface area contributed by atoms with Crippen molar-refractivity contribution in [3.63, 3.8) is 0 Å². The minimum absolute atomic E-state index is 0.189. The van der Waals surface area contributed by atoms with Gasteiger partial charge in [-0.25, -0.2) is 0 Å². The van der Waals surface area contributed by atoms with E-state index in [4.69, 9.17) is 10.2 Å². The lowest BCUT2D eigenvalue weighted by Crippen LogP contribution is -2.41. The maximum absolute atomic E-state index is 9.06. The Labute approximate surface area is 73.8 Å². The average Bonchev–Trinajstić information content (AvgIpc) is 2.15. The summed E-state index contributed by atoms with van der Waals surface area (Å²) < 4.78 is 0. The lowest BCUT2D eigenvalue weighted by molar-refractivity contribution is 0.148. The fourth-order valence-corrected chi connectivity index (χ4v) is 1.94. The van der Waals surface area contributed by atoms with Crippen molar-refractivity contribution in [2.75, 3.05) is 19.8 Å². The summed E-state index contributed by atoms with van der Waals surface area (Å²) in [4.78, 5) is 0. The largest absolute Gasteiger partial charge is 0.396 e. The molecule has 2 unspecified atom stereocenters. The Kier molecular flexibility index (Phi) is 4.58. The molecule has 0 aromatic rings. The molecule has 72 valence electrons. The fraction of sp³-hybridized carbons (Fsp3) is 1.00. The first-order valence-electron chi connectivity index (χ1n) is 4.83. The second-order valence-corrected chi connectivity index (χ2v) is 3.51. The van der Waals surface area contributed by atoms with Gasteiger partial charge in [0.2, 0.25) is 0 Å². The molecule has 1 rings (SSSR count). The molecule has 0 radical (unpaired) electrons. The van der Waals surface area contributed by atoms with Gasteiger partial charge in [0.15, 0.2) is 0 Å². The van der Waals surface area contributed by atoms with Crippen molar-refractivity contribution in [2.24, 2.45) is 5.92 Å². The molecule has 0 spiro atoms. The Morgan fingerprint density at radius 2 is 1.92 bits per heavy atom. The second kappa shape index (κ2) is 5.51. The molecule has 0 aromatic carbocycles. The summed E-state index contributed by atoms with van der Waals surface area (Å²) in [6, 6.07) is 0.427. The zero-order chi connectivity index (χ0) is 8.81. The SMILES string of the molecule is OCCNC1CCCCC1CO. The number of aliphatic hydroxyl groups excluding tert-OH is 2. The predicted octanol–water partition coefficient (Wildman–Crippen LogP) is 0.119. The van der Waals surface area contributed by atoms with Gasteiger partial charge in [0, 0.05) is 19.2 Å². The van der Waals surface area contributed by atoms with Gasteiger partial charge in [0.1, 0.15) is 0 Å². The monoisotopic (exact) mass is 173 g/mol. The average molecular weight is 173 g/mol. The molecule has 1 aliphatic carbocycles. The Bertz CT molecular complexity index is 119. The van der Waals surface area contributed by atoms with Gasteiger partial charge >= 0.3 is 0 Å². The van der Waals surface area contributed by atoms with Crippen LogP contribution in [-0.2, 0) is 0 Å². The summed E-state index contributed by atoms with van der Waals surface area (Å²) in [7, 11) is 0. The molecule has 3 N–H and O–H groups in total. The topological polar surface area (TPSA) is 52.5 Å². The predicted molar refractivity (Wildman–Crippen MR) is 47.9 cm³/mol. The molecule has 0 saturated heterocycles. The molecule has 1 aliphatic rings. The zero-order valence-electron chi connectivity index (χ0n) is 7.50. The number of aliphatic hydroxyl groups is 2.